The third kappa shape index (κ3) is 13.0. The summed E-state index contributed by atoms with van der Waals surface area (Å²) < 4.78 is 26.0. The van der Waals surface area contributed by atoms with Crippen molar-refractivity contribution in [3.05, 3.63) is 16.0 Å². The largest absolute Gasteiger partial charge is 0.462 e. The van der Waals surface area contributed by atoms with Crippen LogP contribution in [0.15, 0.2) is 0 Å². The molecule has 1 aromatic heterocycles. The Labute approximate surface area is 278 Å². The fourth-order valence-corrected chi connectivity index (χ4v) is 6.58. The van der Waals surface area contributed by atoms with Crippen LogP contribution in [-0.4, -0.2) is 72.4 Å². The molecule has 1 aromatic rings. The Balaban J connectivity index is 2.41. The van der Waals surface area contributed by atoms with Gasteiger partial charge < -0.3 is 29.0 Å². The molecule has 0 saturated carbocycles. The van der Waals surface area contributed by atoms with Gasteiger partial charge in [0.2, 0.25) is 6.10 Å². The lowest BCUT2D eigenvalue weighted by Crippen LogP contribution is -2.55. The van der Waals surface area contributed by atoms with Crippen molar-refractivity contribution in [2.45, 2.75) is 117 Å². The summed E-state index contributed by atoms with van der Waals surface area (Å²) in [5.41, 5.74) is 1.27. The molecule has 13 nitrogen and oxygen atoms in total. The molecule has 0 aliphatic heterocycles. The Morgan fingerprint density at radius 2 is 1.33 bits per heavy atom. The maximum Gasteiger partial charge on any atom is 0.341 e. The molecule has 0 spiro atoms. The number of thiocarbonyl (C=S) groups is 1. The monoisotopic (exact) mass is 684 g/mol. The van der Waals surface area contributed by atoms with Crippen LogP contribution in [-0.2, 0) is 60.5 Å². The van der Waals surface area contributed by atoms with Crippen LogP contribution in [0.2, 0.25) is 0 Å². The van der Waals surface area contributed by atoms with E-state index in [2.05, 4.69) is 10.6 Å². The van der Waals surface area contributed by atoms with Gasteiger partial charge in [-0.15, -0.1) is 11.3 Å². The Morgan fingerprint density at radius 3 is 1.87 bits per heavy atom. The lowest BCUT2D eigenvalue weighted by molar-refractivity contribution is -0.190. The second-order valence-corrected chi connectivity index (χ2v) is 12.3. The summed E-state index contributed by atoms with van der Waals surface area (Å²) in [6.45, 7) is 5.50. The first kappa shape index (κ1) is 38.6. The number of nitrogens with one attached hydrogen (secondary N) is 2. The standard InChI is InChI=1S/C31H44N2O11S2/c1-6-40-30(39)25-22-15-13-11-9-7-8-10-12-14-16-24(22)46-29(25)33-31(45)32-28(38)27(44-21(5)37)26(43-20(4)36)23(42-19(3)35)17-41-18(2)34/h23,26-27H,6-17H2,1-5H3,(H2,32,33,38,45). The number of esters is 5. The number of rotatable bonds is 11. The van der Waals surface area contributed by atoms with Gasteiger partial charge in [-0.2, -0.15) is 0 Å². The van der Waals surface area contributed by atoms with E-state index >= 15 is 0 Å². The van der Waals surface area contributed by atoms with Crippen LogP contribution in [0, 0.1) is 0 Å². The Kier molecular flexibility index (Phi) is 16.6. The van der Waals surface area contributed by atoms with Crippen LogP contribution < -0.4 is 10.6 Å². The third-order valence-corrected chi connectivity index (χ3v) is 8.31. The van der Waals surface area contributed by atoms with Crippen molar-refractivity contribution in [3.8, 4) is 0 Å². The summed E-state index contributed by atoms with van der Waals surface area (Å²) in [7, 11) is 0. The summed E-state index contributed by atoms with van der Waals surface area (Å²) >= 11 is 6.80. The Morgan fingerprint density at radius 1 is 0.761 bits per heavy atom. The van der Waals surface area contributed by atoms with Crippen LogP contribution >= 0.6 is 23.6 Å². The molecule has 0 aromatic carbocycles. The summed E-state index contributed by atoms with van der Waals surface area (Å²) in [5.74, 6) is -4.95. The SMILES string of the molecule is CCOC(=O)c1c(NC(=S)NC(=O)C(OC(C)=O)C(OC(C)=O)C(COC(C)=O)OC(C)=O)sc2c1CCCCCCCCCC2. The van der Waals surface area contributed by atoms with E-state index in [9.17, 15) is 28.8 Å². The lowest BCUT2D eigenvalue weighted by Gasteiger charge is -2.30. The number of carbonyl (C=O) groups is 6. The number of fused-ring (bicyclic) bond motifs is 1. The maximum absolute atomic E-state index is 13.5. The van der Waals surface area contributed by atoms with Crippen LogP contribution in [0.1, 0.15) is 107 Å². The number of ether oxygens (including phenoxy) is 5. The van der Waals surface area contributed by atoms with E-state index in [1.54, 1.807) is 6.92 Å². The second-order valence-electron chi connectivity index (χ2n) is 10.8. The molecule has 15 heteroatoms. The molecular formula is C31H44N2O11S2. The van der Waals surface area contributed by atoms with E-state index in [-0.39, 0.29) is 11.7 Å². The number of hydrogen-bond acceptors (Lipinski definition) is 13. The van der Waals surface area contributed by atoms with E-state index in [0.29, 0.717) is 17.0 Å². The molecule has 3 unspecified atom stereocenters. The van der Waals surface area contributed by atoms with Crippen molar-refractivity contribution in [2.24, 2.45) is 0 Å². The summed E-state index contributed by atoms with van der Waals surface area (Å²) in [5, 5.41) is 5.52. The topological polar surface area (TPSA) is 173 Å². The lowest BCUT2D eigenvalue weighted by atomic mass is 9.97. The molecule has 1 aliphatic carbocycles. The van der Waals surface area contributed by atoms with Crippen molar-refractivity contribution in [2.75, 3.05) is 18.5 Å². The molecule has 3 atom stereocenters. The van der Waals surface area contributed by atoms with E-state index in [1.165, 1.54) is 24.2 Å². The second kappa shape index (κ2) is 19.8. The van der Waals surface area contributed by atoms with Gasteiger partial charge in [0.1, 0.15) is 11.6 Å². The van der Waals surface area contributed by atoms with Gasteiger partial charge in [-0.05, 0) is 50.4 Å². The molecule has 256 valence electrons. The van der Waals surface area contributed by atoms with Crippen LogP contribution in [0.5, 0.6) is 0 Å². The number of carbonyl (C=O) groups excluding carboxylic acids is 6. The van der Waals surface area contributed by atoms with Gasteiger partial charge in [-0.3, -0.25) is 29.3 Å². The zero-order chi connectivity index (χ0) is 34.2. The highest BCUT2D eigenvalue weighted by Gasteiger charge is 2.42. The van der Waals surface area contributed by atoms with Crippen molar-refractivity contribution < 1.29 is 52.5 Å². The third-order valence-electron chi connectivity index (χ3n) is 6.90. The zero-order valence-corrected chi connectivity index (χ0v) is 28.7. The maximum atomic E-state index is 13.5. The predicted octanol–water partition coefficient (Wildman–Crippen LogP) is 4.32. The molecule has 1 aliphatic rings. The van der Waals surface area contributed by atoms with Gasteiger partial charge >= 0.3 is 29.8 Å². The summed E-state index contributed by atoms with van der Waals surface area (Å²) in [6.07, 6.45) is 5.06. The Hall–Kier alpha value is -3.59. The highest BCUT2D eigenvalue weighted by Crippen LogP contribution is 2.37. The number of anilines is 1. The first-order valence-electron chi connectivity index (χ1n) is 15.4. The normalized spacial score (nSPS) is 15.6. The quantitative estimate of drug-likeness (QED) is 0.192. The Bertz CT molecular complexity index is 1260. The van der Waals surface area contributed by atoms with Gasteiger partial charge in [0.15, 0.2) is 17.3 Å². The highest BCUT2D eigenvalue weighted by molar-refractivity contribution is 7.80. The summed E-state index contributed by atoms with van der Waals surface area (Å²) in [4.78, 5) is 75.2. The van der Waals surface area contributed by atoms with Crippen molar-refractivity contribution in [3.63, 3.8) is 0 Å². The van der Waals surface area contributed by atoms with Gasteiger partial charge in [0, 0.05) is 32.6 Å². The minimum Gasteiger partial charge on any atom is -0.462 e. The molecule has 2 N–H and O–H groups in total. The first-order valence-corrected chi connectivity index (χ1v) is 16.6. The fourth-order valence-electron chi connectivity index (χ4n) is 5.03. The smallest absolute Gasteiger partial charge is 0.341 e. The van der Waals surface area contributed by atoms with Crippen molar-refractivity contribution in [1.29, 1.82) is 0 Å². The van der Waals surface area contributed by atoms with Crippen molar-refractivity contribution in [1.82, 2.24) is 5.32 Å². The van der Waals surface area contributed by atoms with Gasteiger partial charge in [-0.25, -0.2) is 4.79 Å². The minimum atomic E-state index is -1.88. The molecule has 0 bridgehead atoms. The summed E-state index contributed by atoms with van der Waals surface area (Å²) in [6, 6.07) is 0. The van der Waals surface area contributed by atoms with Gasteiger partial charge in [0.25, 0.3) is 5.91 Å². The van der Waals surface area contributed by atoms with E-state index in [4.69, 9.17) is 35.9 Å². The average Bonchev–Trinajstić information content (AvgIpc) is 3.28. The number of hydrogen-bond donors (Lipinski definition) is 2. The average molecular weight is 685 g/mol. The minimum absolute atomic E-state index is 0.169. The number of aryl methyl sites for hydroxylation is 1. The zero-order valence-electron chi connectivity index (χ0n) is 27.0. The van der Waals surface area contributed by atoms with Crippen LogP contribution in [0.25, 0.3) is 0 Å². The van der Waals surface area contributed by atoms with Crippen LogP contribution in [0.3, 0.4) is 0 Å². The highest BCUT2D eigenvalue weighted by atomic mass is 32.1. The molecule has 0 radical (unpaired) electrons. The molecule has 1 amide bonds. The van der Waals surface area contributed by atoms with Gasteiger partial charge in [0.05, 0.1) is 12.2 Å². The van der Waals surface area contributed by atoms with Crippen LogP contribution in [0.4, 0.5) is 5.00 Å². The fraction of sp³-hybridized carbons (Fsp3) is 0.645. The van der Waals surface area contributed by atoms with Gasteiger partial charge in [-0.1, -0.05) is 38.5 Å². The molecule has 2 rings (SSSR count). The molecule has 0 saturated heterocycles. The molecule has 1 heterocycles. The number of amides is 1. The van der Waals surface area contributed by atoms with Crippen molar-refractivity contribution >= 4 is 69.4 Å². The molecule has 0 fully saturated rings. The first-order chi connectivity index (χ1) is 21.8. The molecular weight excluding hydrogens is 640 g/mol. The number of thiophene rings is 1. The van der Waals surface area contributed by atoms with E-state index in [0.717, 1.165) is 83.1 Å². The predicted molar refractivity (Wildman–Crippen MR) is 172 cm³/mol. The van der Waals surface area contributed by atoms with E-state index in [1.807, 2.05) is 0 Å². The molecule has 46 heavy (non-hydrogen) atoms. The van der Waals surface area contributed by atoms with E-state index < -0.39 is 60.7 Å².